The molecule has 6 N–H and O–H groups in total. The van der Waals surface area contributed by atoms with Crippen LogP contribution in [-0.2, 0) is 35.4 Å². The van der Waals surface area contributed by atoms with Crippen molar-refractivity contribution in [3.05, 3.63) is 22.3 Å². The number of aromatic nitrogens is 5. The molecule has 1 fully saturated rings. The van der Waals surface area contributed by atoms with Crippen molar-refractivity contribution in [2.75, 3.05) is 23.9 Å². The molecule has 3 amide bonds. The third-order valence-corrected chi connectivity index (χ3v) is 8.86. The summed E-state index contributed by atoms with van der Waals surface area (Å²) in [5.74, 6) is -6.58. The zero-order valence-electron chi connectivity index (χ0n) is 21.8. The van der Waals surface area contributed by atoms with Crippen LogP contribution in [0.1, 0.15) is 5.69 Å². The topological polar surface area (TPSA) is 257 Å². The Hall–Kier alpha value is -4.29. The summed E-state index contributed by atoms with van der Waals surface area (Å²) < 4.78 is 38.8. The van der Waals surface area contributed by atoms with Crippen LogP contribution in [0.4, 0.5) is 18.3 Å². The number of hydrogen-bond donors (Lipinski definition) is 5. The summed E-state index contributed by atoms with van der Waals surface area (Å²) in [5, 5.41) is 37.3. The van der Waals surface area contributed by atoms with Gasteiger partial charge in [0, 0.05) is 16.9 Å². The highest BCUT2D eigenvalue weighted by Gasteiger charge is 2.54. The van der Waals surface area contributed by atoms with E-state index in [1.54, 1.807) is 5.32 Å². The minimum Gasteiger partial charge on any atom is -0.480 e. The zero-order chi connectivity index (χ0) is 32.3. The quantitative estimate of drug-likeness (QED) is 0.0773. The van der Waals surface area contributed by atoms with Crippen LogP contribution < -0.4 is 16.4 Å². The number of carbonyl (C=O) groups is 5. The molecule has 44 heavy (non-hydrogen) atoms. The summed E-state index contributed by atoms with van der Waals surface area (Å²) in [6.07, 6.45) is -5.17. The normalized spacial score (nSPS) is 19.2. The summed E-state index contributed by atoms with van der Waals surface area (Å²) in [6, 6.07) is -2.49. The maximum absolute atomic E-state index is 13.0. The number of anilines is 1. The molecule has 0 spiro atoms. The van der Waals surface area contributed by atoms with Gasteiger partial charge in [-0.25, -0.2) is 14.5 Å². The van der Waals surface area contributed by atoms with Crippen LogP contribution in [0, 0.1) is 0 Å². The molecule has 0 radical (unpaired) electrons. The van der Waals surface area contributed by atoms with Crippen molar-refractivity contribution in [2.24, 2.45) is 10.9 Å². The Morgan fingerprint density at radius 1 is 1.32 bits per heavy atom. The molecule has 1 saturated heterocycles. The summed E-state index contributed by atoms with van der Waals surface area (Å²) in [7, 11) is 1.09. The number of nitrogens with one attached hydrogen (secondary N) is 2. The lowest BCUT2D eigenvalue weighted by Crippen LogP contribution is -2.71. The monoisotopic (exact) mass is 680 g/mol. The molecule has 2 unspecified atom stereocenters. The Morgan fingerprint density at radius 3 is 2.68 bits per heavy atom. The predicted octanol–water partition coefficient (Wildman–Crippen LogP) is -1.08. The number of nitrogens with zero attached hydrogens (tertiary/aromatic N) is 7. The number of thiazole rings is 1. The second-order valence-electron chi connectivity index (χ2n) is 8.61. The van der Waals surface area contributed by atoms with E-state index in [-0.39, 0.29) is 34.6 Å². The van der Waals surface area contributed by atoms with Crippen molar-refractivity contribution in [1.29, 1.82) is 0 Å². The minimum absolute atomic E-state index is 0.0204. The number of aliphatic carboxylic acids is 2. The number of fused-ring (bicyclic) bond motifs is 1. The predicted molar refractivity (Wildman–Crippen MR) is 144 cm³/mol. The molecule has 24 heteroatoms. The first-order chi connectivity index (χ1) is 20.7. The number of carboxylic acid groups (broad SMARTS) is 2. The fourth-order valence-electron chi connectivity index (χ4n) is 3.74. The second-order valence-corrected chi connectivity index (χ2v) is 11.5. The number of rotatable bonds is 12. The van der Waals surface area contributed by atoms with Gasteiger partial charge in [-0.15, -0.1) is 28.2 Å². The van der Waals surface area contributed by atoms with Crippen molar-refractivity contribution in [3.63, 3.8) is 0 Å². The maximum atomic E-state index is 13.0. The van der Waals surface area contributed by atoms with Crippen molar-refractivity contribution in [3.8, 4) is 0 Å². The van der Waals surface area contributed by atoms with Gasteiger partial charge in [-0.3, -0.25) is 29.4 Å². The van der Waals surface area contributed by atoms with Crippen LogP contribution in [0.25, 0.3) is 0 Å². The van der Waals surface area contributed by atoms with Gasteiger partial charge in [-0.2, -0.15) is 13.2 Å². The standard InChI is InChI=1S/C20H19F3N10O8S3/c1-41-29-9(8-5-43-18(25-8)27-17(40)20(21,22)23)12(34)26-10-13(35)33-11(16(38)39)6(3-42-14(10)33)4-44-19-28-30-31-32(19)2-7(24)15(36)37/h5,7,10,14H,2-4,24H2,1H3,(H,26,34)(H,36,37)(H,38,39)(H,25,27,40)/b29-9+/t7?,10?,14-/m1/s1. The largest absolute Gasteiger partial charge is 0.480 e. The van der Waals surface area contributed by atoms with Gasteiger partial charge in [-0.05, 0) is 16.0 Å². The zero-order valence-corrected chi connectivity index (χ0v) is 24.3. The van der Waals surface area contributed by atoms with Crippen molar-refractivity contribution < 1.29 is 52.2 Å². The number of hydrogen-bond acceptors (Lipinski definition) is 15. The van der Waals surface area contributed by atoms with Crippen molar-refractivity contribution in [2.45, 2.75) is 35.3 Å². The fraction of sp³-hybridized carbons (Fsp3) is 0.400. The van der Waals surface area contributed by atoms with E-state index >= 15 is 0 Å². The van der Waals surface area contributed by atoms with E-state index in [0.29, 0.717) is 16.9 Å². The number of thioether (sulfide) groups is 2. The highest BCUT2D eigenvalue weighted by Crippen LogP contribution is 2.41. The van der Waals surface area contributed by atoms with E-state index < -0.39 is 64.1 Å². The van der Waals surface area contributed by atoms with E-state index in [1.807, 2.05) is 0 Å². The molecule has 2 aliphatic rings. The van der Waals surface area contributed by atoms with Crippen LogP contribution in [0.5, 0.6) is 0 Å². The first kappa shape index (κ1) is 32.6. The average Bonchev–Trinajstić information content (AvgIpc) is 3.61. The number of oxime groups is 1. The lowest BCUT2D eigenvalue weighted by molar-refractivity contribution is -0.167. The van der Waals surface area contributed by atoms with Crippen molar-refractivity contribution >= 4 is 75.4 Å². The van der Waals surface area contributed by atoms with E-state index in [0.717, 1.165) is 45.6 Å². The van der Waals surface area contributed by atoms with Crippen LogP contribution >= 0.6 is 34.9 Å². The molecule has 4 rings (SSSR count). The number of carbonyl (C=O) groups excluding carboxylic acids is 3. The van der Waals surface area contributed by atoms with Crippen LogP contribution in [0.3, 0.4) is 0 Å². The molecule has 0 aliphatic carbocycles. The number of halogens is 3. The number of nitrogens with two attached hydrogens (primary N) is 1. The summed E-state index contributed by atoms with van der Waals surface area (Å²) >= 11 is 2.72. The Bertz CT molecular complexity index is 1560. The lowest BCUT2D eigenvalue weighted by Gasteiger charge is -2.49. The van der Waals surface area contributed by atoms with Gasteiger partial charge in [-0.1, -0.05) is 16.9 Å². The van der Waals surface area contributed by atoms with Gasteiger partial charge in [0.2, 0.25) is 5.16 Å². The summed E-state index contributed by atoms with van der Waals surface area (Å²) in [5.41, 5.74) is 4.76. The summed E-state index contributed by atoms with van der Waals surface area (Å²) in [6.45, 7) is -0.239. The smallest absolute Gasteiger partial charge is 0.471 e. The van der Waals surface area contributed by atoms with E-state index in [4.69, 9.17) is 10.8 Å². The SMILES string of the molecule is CO/N=C(/C(=O)NC1C(=O)N2C(C(=O)O)=C(CSc3nnnn3CC(N)C(=O)O)CS[C@H]12)c1csc(NC(=O)C(F)(F)F)n1. The number of carboxylic acids is 2. The third-order valence-electron chi connectivity index (χ3n) is 5.72. The number of amides is 3. The maximum Gasteiger partial charge on any atom is 0.471 e. The van der Waals surface area contributed by atoms with Gasteiger partial charge >= 0.3 is 24.0 Å². The average molecular weight is 681 g/mol. The number of tetrazole rings is 1. The highest BCUT2D eigenvalue weighted by atomic mass is 32.2. The van der Waals surface area contributed by atoms with E-state index in [2.05, 4.69) is 35.8 Å². The Morgan fingerprint density at radius 2 is 2.05 bits per heavy atom. The summed E-state index contributed by atoms with van der Waals surface area (Å²) in [4.78, 5) is 69.8. The van der Waals surface area contributed by atoms with E-state index in [9.17, 15) is 42.3 Å². The Kier molecular flexibility index (Phi) is 9.75. The van der Waals surface area contributed by atoms with Crippen molar-refractivity contribution in [1.82, 2.24) is 35.4 Å². The van der Waals surface area contributed by atoms with Crippen LogP contribution in [0.2, 0.25) is 0 Å². The molecular formula is C20H19F3N10O8S3. The molecule has 18 nitrogen and oxygen atoms in total. The van der Waals surface area contributed by atoms with Gasteiger partial charge < -0.3 is 26.1 Å². The van der Waals surface area contributed by atoms with Gasteiger partial charge in [0.25, 0.3) is 11.8 Å². The van der Waals surface area contributed by atoms with Crippen LogP contribution in [0.15, 0.2) is 27.0 Å². The molecule has 2 aromatic rings. The molecule has 0 bridgehead atoms. The number of alkyl halides is 3. The minimum atomic E-state index is -5.17. The third kappa shape index (κ3) is 6.92. The Labute approximate surface area is 255 Å². The Balaban J connectivity index is 1.45. The van der Waals surface area contributed by atoms with Gasteiger partial charge in [0.05, 0.1) is 6.54 Å². The fourth-order valence-corrected chi connectivity index (χ4v) is 6.80. The number of β-lactam (4-membered cyclic amide) rings is 1. The first-order valence-electron chi connectivity index (χ1n) is 11.8. The second kappa shape index (κ2) is 13.1. The first-order valence-corrected chi connectivity index (χ1v) is 14.7. The molecule has 0 aromatic carbocycles. The lowest BCUT2D eigenvalue weighted by atomic mass is 10.0. The van der Waals surface area contributed by atoms with Gasteiger partial charge in [0.1, 0.15) is 36.0 Å². The molecule has 236 valence electrons. The molecular weight excluding hydrogens is 661 g/mol. The van der Waals surface area contributed by atoms with Gasteiger partial charge in [0.15, 0.2) is 10.8 Å². The highest BCUT2D eigenvalue weighted by molar-refractivity contribution is 8.01. The molecule has 2 aromatic heterocycles. The molecule has 3 atom stereocenters. The molecule has 2 aliphatic heterocycles. The molecule has 0 saturated carbocycles. The molecule has 4 heterocycles. The van der Waals surface area contributed by atoms with Crippen LogP contribution in [-0.4, -0.2) is 118 Å². The van der Waals surface area contributed by atoms with E-state index in [1.165, 1.54) is 0 Å².